The van der Waals surface area contributed by atoms with Gasteiger partial charge in [0.15, 0.2) is 0 Å². The summed E-state index contributed by atoms with van der Waals surface area (Å²) in [5.41, 5.74) is 7.56. The van der Waals surface area contributed by atoms with Crippen LogP contribution in [0.2, 0.25) is 0 Å². The minimum atomic E-state index is 0.429. The summed E-state index contributed by atoms with van der Waals surface area (Å²) in [4.78, 5) is 0. The maximum Gasteiger partial charge on any atom is 0.109 e. The van der Waals surface area contributed by atoms with Crippen molar-refractivity contribution in [2.24, 2.45) is 0 Å². The van der Waals surface area contributed by atoms with E-state index in [0.717, 1.165) is 12.2 Å². The topological polar surface area (TPSA) is 45.3 Å². The van der Waals surface area contributed by atoms with E-state index < -0.39 is 0 Å². The predicted molar refractivity (Wildman–Crippen MR) is 94.0 cm³/mol. The number of rotatable bonds is 5. The number of benzene rings is 2. The number of quaternary nitrogens is 1. The molecule has 0 unspecified atom stereocenters. The van der Waals surface area contributed by atoms with Crippen LogP contribution in [0.4, 0.5) is 0 Å². The summed E-state index contributed by atoms with van der Waals surface area (Å²) in [7, 11) is 0. The molecule has 2 aromatic carbocycles. The lowest BCUT2D eigenvalue weighted by atomic mass is 10.0. The monoisotopic (exact) mass is 306 g/mol. The number of aryl methyl sites for hydroxylation is 2. The summed E-state index contributed by atoms with van der Waals surface area (Å²) in [5.74, 6) is 0. The highest BCUT2D eigenvalue weighted by Crippen LogP contribution is 2.23. The van der Waals surface area contributed by atoms with E-state index in [1.807, 2.05) is 6.20 Å². The maximum absolute atomic E-state index is 4.26. The van der Waals surface area contributed by atoms with Crippen LogP contribution >= 0.6 is 0 Å². The normalized spacial score (nSPS) is 12.3. The molecule has 3 nitrogen and oxygen atoms in total. The van der Waals surface area contributed by atoms with E-state index in [2.05, 4.69) is 84.8 Å². The number of hydrogen-bond donors (Lipinski definition) is 2. The van der Waals surface area contributed by atoms with Gasteiger partial charge < -0.3 is 5.32 Å². The number of H-pyrrole nitrogens is 1. The first-order valence-electron chi connectivity index (χ1n) is 8.13. The van der Waals surface area contributed by atoms with Gasteiger partial charge in [-0.3, -0.25) is 5.10 Å². The van der Waals surface area contributed by atoms with Gasteiger partial charge in [-0.1, -0.05) is 42.5 Å². The van der Waals surface area contributed by atoms with Crippen molar-refractivity contribution < 1.29 is 5.32 Å². The molecule has 0 fully saturated rings. The number of nitrogens with zero attached hydrogens (tertiary/aromatic N) is 1. The van der Waals surface area contributed by atoms with Crippen molar-refractivity contribution in [3.8, 4) is 11.3 Å². The molecule has 0 radical (unpaired) electrons. The van der Waals surface area contributed by atoms with E-state index in [4.69, 9.17) is 0 Å². The van der Waals surface area contributed by atoms with Crippen molar-refractivity contribution in [2.75, 3.05) is 0 Å². The predicted octanol–water partition coefficient (Wildman–Crippen LogP) is 3.52. The van der Waals surface area contributed by atoms with E-state index >= 15 is 0 Å². The van der Waals surface area contributed by atoms with Crippen LogP contribution in [0.3, 0.4) is 0 Å². The Morgan fingerprint density at radius 1 is 1.04 bits per heavy atom. The summed E-state index contributed by atoms with van der Waals surface area (Å²) in [6.07, 6.45) is 1.94. The quantitative estimate of drug-likeness (QED) is 0.744. The van der Waals surface area contributed by atoms with Gasteiger partial charge in [0.25, 0.3) is 0 Å². The summed E-state index contributed by atoms with van der Waals surface area (Å²) in [6, 6.07) is 17.6. The lowest BCUT2D eigenvalue weighted by Crippen LogP contribution is -2.83. The molecular weight excluding hydrogens is 282 g/mol. The number of nitrogens with one attached hydrogen (secondary N) is 1. The maximum atomic E-state index is 4.26. The largest absolute Gasteiger partial charge is 0.336 e. The summed E-state index contributed by atoms with van der Waals surface area (Å²) in [5, 5.41) is 9.77. The van der Waals surface area contributed by atoms with Gasteiger partial charge in [0, 0.05) is 11.1 Å². The van der Waals surface area contributed by atoms with Crippen LogP contribution in [0.5, 0.6) is 0 Å². The van der Waals surface area contributed by atoms with Crippen LogP contribution < -0.4 is 5.32 Å². The second-order valence-electron chi connectivity index (χ2n) is 6.21. The zero-order valence-electron chi connectivity index (χ0n) is 14.0. The lowest BCUT2D eigenvalue weighted by Gasteiger charge is -2.11. The van der Waals surface area contributed by atoms with Gasteiger partial charge in [0.2, 0.25) is 0 Å². The highest BCUT2D eigenvalue weighted by molar-refractivity contribution is 5.63. The first-order valence-corrected chi connectivity index (χ1v) is 8.13. The Bertz CT molecular complexity index is 775. The van der Waals surface area contributed by atoms with E-state index in [9.17, 15) is 0 Å². The van der Waals surface area contributed by atoms with Crippen LogP contribution in [-0.2, 0) is 6.54 Å². The molecule has 118 valence electrons. The molecule has 1 atom stereocenters. The summed E-state index contributed by atoms with van der Waals surface area (Å²) < 4.78 is 0. The third-order valence-corrected chi connectivity index (χ3v) is 4.53. The van der Waals surface area contributed by atoms with Gasteiger partial charge >= 0.3 is 0 Å². The Morgan fingerprint density at radius 3 is 2.57 bits per heavy atom. The van der Waals surface area contributed by atoms with Crippen molar-refractivity contribution in [1.82, 2.24) is 10.2 Å². The molecular formula is C20H24N3+. The van der Waals surface area contributed by atoms with Crippen LogP contribution in [-0.4, -0.2) is 10.2 Å². The first kappa shape index (κ1) is 15.5. The second kappa shape index (κ2) is 6.80. The van der Waals surface area contributed by atoms with Crippen molar-refractivity contribution in [2.45, 2.75) is 33.4 Å². The van der Waals surface area contributed by atoms with Crippen molar-refractivity contribution >= 4 is 0 Å². The number of aromatic amines is 1. The molecule has 3 heteroatoms. The lowest BCUT2D eigenvalue weighted by molar-refractivity contribution is -0.707. The van der Waals surface area contributed by atoms with Crippen LogP contribution in [0.15, 0.2) is 54.7 Å². The summed E-state index contributed by atoms with van der Waals surface area (Å²) >= 11 is 0. The van der Waals surface area contributed by atoms with E-state index in [1.54, 1.807) is 0 Å². The number of nitrogens with two attached hydrogens (primary N) is 1. The zero-order valence-corrected chi connectivity index (χ0v) is 14.0. The van der Waals surface area contributed by atoms with Gasteiger partial charge in [-0.25, -0.2) is 0 Å². The Morgan fingerprint density at radius 2 is 1.83 bits per heavy atom. The Hall–Kier alpha value is -2.39. The molecule has 3 N–H and O–H groups in total. The average Bonchev–Trinajstić information content (AvgIpc) is 3.04. The summed E-state index contributed by atoms with van der Waals surface area (Å²) in [6.45, 7) is 7.45. The molecule has 3 aromatic rings. The molecule has 3 rings (SSSR count). The molecule has 0 saturated heterocycles. The van der Waals surface area contributed by atoms with Crippen LogP contribution in [0, 0.1) is 13.8 Å². The fraction of sp³-hybridized carbons (Fsp3) is 0.250. The SMILES string of the molecule is Cc1ccc(-c2[nH]ncc2C[NH2+][C@H](C)c2ccccc2)cc1C. The Kier molecular flexibility index (Phi) is 4.58. The van der Waals surface area contributed by atoms with Crippen molar-refractivity contribution in [3.05, 3.63) is 77.0 Å². The molecule has 0 amide bonds. The highest BCUT2D eigenvalue weighted by atomic mass is 15.1. The van der Waals surface area contributed by atoms with Crippen molar-refractivity contribution in [1.29, 1.82) is 0 Å². The molecule has 1 aromatic heterocycles. The van der Waals surface area contributed by atoms with Crippen LogP contribution in [0.25, 0.3) is 11.3 Å². The third-order valence-electron chi connectivity index (χ3n) is 4.53. The smallest absolute Gasteiger partial charge is 0.109 e. The molecule has 0 aliphatic rings. The minimum absolute atomic E-state index is 0.429. The molecule has 1 heterocycles. The average molecular weight is 306 g/mol. The first-order chi connectivity index (χ1) is 11.1. The molecule has 0 bridgehead atoms. The highest BCUT2D eigenvalue weighted by Gasteiger charge is 2.13. The molecule has 23 heavy (non-hydrogen) atoms. The Labute approximate surface area is 137 Å². The van der Waals surface area contributed by atoms with Gasteiger partial charge in [-0.2, -0.15) is 5.10 Å². The second-order valence-corrected chi connectivity index (χ2v) is 6.21. The fourth-order valence-electron chi connectivity index (χ4n) is 2.81. The third kappa shape index (κ3) is 3.51. The Balaban J connectivity index is 1.75. The van der Waals surface area contributed by atoms with E-state index in [0.29, 0.717) is 6.04 Å². The molecule has 0 saturated carbocycles. The standard InChI is InChI=1S/C20H23N3/c1-14-9-10-18(11-15(14)2)20-19(13-22-23-20)12-21-16(3)17-7-5-4-6-8-17/h4-11,13,16,21H,12H2,1-3H3,(H,22,23)/p+1/t16-/m1/s1. The number of hydrogen-bond acceptors (Lipinski definition) is 1. The van der Waals surface area contributed by atoms with E-state index in [-0.39, 0.29) is 0 Å². The molecule has 0 spiro atoms. The molecule has 0 aliphatic heterocycles. The molecule has 0 aliphatic carbocycles. The van der Waals surface area contributed by atoms with Crippen LogP contribution in [0.1, 0.15) is 35.2 Å². The van der Waals surface area contributed by atoms with Gasteiger partial charge in [0.1, 0.15) is 12.6 Å². The van der Waals surface area contributed by atoms with Gasteiger partial charge in [-0.15, -0.1) is 0 Å². The number of aromatic nitrogens is 2. The minimum Gasteiger partial charge on any atom is -0.336 e. The zero-order chi connectivity index (χ0) is 16.2. The van der Waals surface area contributed by atoms with Gasteiger partial charge in [-0.05, 0) is 38.0 Å². The van der Waals surface area contributed by atoms with E-state index in [1.165, 1.54) is 27.8 Å². The fourth-order valence-corrected chi connectivity index (χ4v) is 2.81. The van der Waals surface area contributed by atoms with Gasteiger partial charge in [0.05, 0.1) is 17.5 Å². The van der Waals surface area contributed by atoms with Crippen molar-refractivity contribution in [3.63, 3.8) is 0 Å².